The second-order valence-corrected chi connectivity index (χ2v) is 5.46. The fourth-order valence-electron chi connectivity index (χ4n) is 2.23. The first-order chi connectivity index (χ1) is 9.91. The fraction of sp³-hybridized carbons (Fsp3) is 0.500. The Kier molecular flexibility index (Phi) is 6.85. The number of carboxylic acids is 1. The minimum absolute atomic E-state index is 0.0316. The SMILES string of the molecule is CC(C)C(CCNC(=O)c1ccccc1F)CCC(=O)O. The molecule has 21 heavy (non-hydrogen) atoms. The Morgan fingerprint density at radius 3 is 2.48 bits per heavy atom. The highest BCUT2D eigenvalue weighted by Gasteiger charge is 2.16. The first-order valence-corrected chi connectivity index (χ1v) is 7.16. The molecule has 1 aromatic rings. The van der Waals surface area contributed by atoms with Gasteiger partial charge in [0.05, 0.1) is 5.56 Å². The van der Waals surface area contributed by atoms with Crippen molar-refractivity contribution in [3.8, 4) is 0 Å². The summed E-state index contributed by atoms with van der Waals surface area (Å²) in [7, 11) is 0. The van der Waals surface area contributed by atoms with Gasteiger partial charge in [0.25, 0.3) is 5.91 Å². The van der Waals surface area contributed by atoms with Crippen LogP contribution in [0.3, 0.4) is 0 Å². The molecular weight excluding hydrogens is 273 g/mol. The van der Waals surface area contributed by atoms with Gasteiger partial charge in [0.2, 0.25) is 0 Å². The fourth-order valence-corrected chi connectivity index (χ4v) is 2.23. The Balaban J connectivity index is 2.45. The summed E-state index contributed by atoms with van der Waals surface area (Å²) >= 11 is 0. The Bertz CT molecular complexity index is 488. The third-order valence-corrected chi connectivity index (χ3v) is 3.59. The predicted octanol–water partition coefficient (Wildman–Crippen LogP) is 3.08. The maximum absolute atomic E-state index is 13.4. The lowest BCUT2D eigenvalue weighted by Crippen LogP contribution is -2.27. The van der Waals surface area contributed by atoms with Crippen LogP contribution < -0.4 is 5.32 Å². The number of amides is 1. The van der Waals surface area contributed by atoms with Gasteiger partial charge in [-0.2, -0.15) is 0 Å². The summed E-state index contributed by atoms with van der Waals surface area (Å²) in [5, 5.41) is 11.4. The van der Waals surface area contributed by atoms with Gasteiger partial charge in [-0.1, -0.05) is 26.0 Å². The number of hydrogen-bond acceptors (Lipinski definition) is 2. The van der Waals surface area contributed by atoms with Crippen molar-refractivity contribution < 1.29 is 19.1 Å². The van der Waals surface area contributed by atoms with Crippen LogP contribution in [-0.2, 0) is 4.79 Å². The molecule has 1 aromatic carbocycles. The maximum Gasteiger partial charge on any atom is 0.303 e. The second kappa shape index (κ2) is 8.39. The van der Waals surface area contributed by atoms with Crippen molar-refractivity contribution in [1.29, 1.82) is 0 Å². The van der Waals surface area contributed by atoms with Gasteiger partial charge in [0, 0.05) is 13.0 Å². The molecule has 0 bridgehead atoms. The average Bonchev–Trinajstić information content (AvgIpc) is 2.42. The molecule has 1 unspecified atom stereocenters. The summed E-state index contributed by atoms with van der Waals surface area (Å²) in [6.07, 6.45) is 1.40. The molecule has 0 aliphatic carbocycles. The minimum atomic E-state index is -0.809. The number of nitrogens with one attached hydrogen (secondary N) is 1. The van der Waals surface area contributed by atoms with E-state index in [-0.39, 0.29) is 17.9 Å². The van der Waals surface area contributed by atoms with Crippen LogP contribution in [0.1, 0.15) is 43.5 Å². The van der Waals surface area contributed by atoms with E-state index in [4.69, 9.17) is 5.11 Å². The summed E-state index contributed by atoms with van der Waals surface area (Å²) in [5.41, 5.74) is 0.0316. The van der Waals surface area contributed by atoms with E-state index in [1.807, 2.05) is 13.8 Å². The lowest BCUT2D eigenvalue weighted by molar-refractivity contribution is -0.137. The van der Waals surface area contributed by atoms with Crippen molar-refractivity contribution in [2.24, 2.45) is 11.8 Å². The molecule has 1 rings (SSSR count). The lowest BCUT2D eigenvalue weighted by atomic mass is 9.88. The van der Waals surface area contributed by atoms with Gasteiger partial charge in [0.1, 0.15) is 5.82 Å². The average molecular weight is 295 g/mol. The number of halogens is 1. The molecule has 116 valence electrons. The van der Waals surface area contributed by atoms with Crippen molar-refractivity contribution in [1.82, 2.24) is 5.32 Å². The molecule has 0 fully saturated rings. The summed E-state index contributed by atoms with van der Waals surface area (Å²) in [4.78, 5) is 22.5. The zero-order valence-electron chi connectivity index (χ0n) is 12.4. The van der Waals surface area contributed by atoms with Crippen molar-refractivity contribution in [3.63, 3.8) is 0 Å². The van der Waals surface area contributed by atoms with E-state index in [1.54, 1.807) is 6.07 Å². The first-order valence-electron chi connectivity index (χ1n) is 7.16. The summed E-state index contributed by atoms with van der Waals surface area (Å²) in [5.74, 6) is -1.22. The maximum atomic E-state index is 13.4. The number of carboxylic acid groups (broad SMARTS) is 1. The Morgan fingerprint density at radius 2 is 1.90 bits per heavy atom. The number of carbonyl (C=O) groups excluding carboxylic acids is 1. The number of hydrogen-bond donors (Lipinski definition) is 2. The van der Waals surface area contributed by atoms with Gasteiger partial charge in [-0.3, -0.25) is 9.59 Å². The van der Waals surface area contributed by atoms with Crippen molar-refractivity contribution in [2.75, 3.05) is 6.54 Å². The summed E-state index contributed by atoms with van der Waals surface area (Å²) in [6.45, 7) is 4.48. The smallest absolute Gasteiger partial charge is 0.303 e. The van der Waals surface area contributed by atoms with Crippen molar-refractivity contribution in [2.45, 2.75) is 33.1 Å². The monoisotopic (exact) mass is 295 g/mol. The highest BCUT2D eigenvalue weighted by Crippen LogP contribution is 2.20. The summed E-state index contributed by atoms with van der Waals surface area (Å²) < 4.78 is 13.4. The molecule has 0 aliphatic heterocycles. The summed E-state index contributed by atoms with van der Waals surface area (Å²) in [6, 6.07) is 5.84. The molecule has 0 aliphatic rings. The predicted molar refractivity (Wildman–Crippen MR) is 78.5 cm³/mol. The number of carbonyl (C=O) groups is 2. The van der Waals surface area contributed by atoms with Crippen LogP contribution in [0, 0.1) is 17.7 Å². The Hall–Kier alpha value is -1.91. The van der Waals surface area contributed by atoms with E-state index in [1.165, 1.54) is 18.2 Å². The van der Waals surface area contributed by atoms with Crippen LogP contribution in [0.25, 0.3) is 0 Å². The molecule has 4 nitrogen and oxygen atoms in total. The van der Waals surface area contributed by atoms with Crippen LogP contribution in [0.4, 0.5) is 4.39 Å². The van der Waals surface area contributed by atoms with E-state index in [0.29, 0.717) is 25.3 Å². The standard InChI is InChI=1S/C16H22FNO3/c1-11(2)12(7-8-15(19)20)9-10-18-16(21)13-5-3-4-6-14(13)17/h3-6,11-12H,7-10H2,1-2H3,(H,18,21)(H,19,20). The van der Waals surface area contributed by atoms with E-state index >= 15 is 0 Å². The largest absolute Gasteiger partial charge is 0.481 e. The quantitative estimate of drug-likeness (QED) is 0.774. The van der Waals surface area contributed by atoms with Crippen LogP contribution in [-0.4, -0.2) is 23.5 Å². The number of benzene rings is 1. The zero-order chi connectivity index (χ0) is 15.8. The lowest BCUT2D eigenvalue weighted by Gasteiger charge is -2.20. The van der Waals surface area contributed by atoms with E-state index in [2.05, 4.69) is 5.32 Å². The third-order valence-electron chi connectivity index (χ3n) is 3.59. The molecule has 5 heteroatoms. The number of rotatable bonds is 8. The molecule has 2 N–H and O–H groups in total. The molecule has 0 spiro atoms. The first kappa shape index (κ1) is 17.1. The molecule has 1 atom stereocenters. The number of aliphatic carboxylic acids is 1. The van der Waals surface area contributed by atoms with Crippen molar-refractivity contribution in [3.05, 3.63) is 35.6 Å². The molecule has 1 amide bonds. The molecule has 0 heterocycles. The van der Waals surface area contributed by atoms with Gasteiger partial charge >= 0.3 is 5.97 Å². The molecular formula is C16H22FNO3. The van der Waals surface area contributed by atoms with Gasteiger partial charge in [-0.15, -0.1) is 0 Å². The van der Waals surface area contributed by atoms with E-state index in [0.717, 1.165) is 0 Å². The highest BCUT2D eigenvalue weighted by molar-refractivity contribution is 5.94. The van der Waals surface area contributed by atoms with E-state index < -0.39 is 17.7 Å². The zero-order valence-corrected chi connectivity index (χ0v) is 12.4. The van der Waals surface area contributed by atoms with E-state index in [9.17, 15) is 14.0 Å². The minimum Gasteiger partial charge on any atom is -0.481 e. The van der Waals surface area contributed by atoms with Crippen LogP contribution in [0.2, 0.25) is 0 Å². The van der Waals surface area contributed by atoms with Crippen molar-refractivity contribution >= 4 is 11.9 Å². The molecule has 0 aromatic heterocycles. The molecule has 0 saturated carbocycles. The third kappa shape index (κ3) is 5.94. The molecule has 0 saturated heterocycles. The molecule has 0 radical (unpaired) electrons. The van der Waals surface area contributed by atoms with Gasteiger partial charge in [-0.25, -0.2) is 4.39 Å². The Morgan fingerprint density at radius 1 is 1.24 bits per heavy atom. The van der Waals surface area contributed by atoms with Gasteiger partial charge in [-0.05, 0) is 36.8 Å². The van der Waals surface area contributed by atoms with Crippen LogP contribution in [0.5, 0.6) is 0 Å². The second-order valence-electron chi connectivity index (χ2n) is 5.46. The van der Waals surface area contributed by atoms with Gasteiger partial charge in [0.15, 0.2) is 0 Å². The Labute approximate surface area is 124 Å². The normalized spacial score (nSPS) is 12.2. The highest BCUT2D eigenvalue weighted by atomic mass is 19.1. The topological polar surface area (TPSA) is 66.4 Å². The van der Waals surface area contributed by atoms with Crippen LogP contribution in [0.15, 0.2) is 24.3 Å². The van der Waals surface area contributed by atoms with Crippen LogP contribution >= 0.6 is 0 Å². The van der Waals surface area contributed by atoms with Gasteiger partial charge < -0.3 is 10.4 Å².